The molecule has 1 aromatic heterocycles. The van der Waals surface area contributed by atoms with Crippen molar-refractivity contribution < 1.29 is 4.79 Å². The first kappa shape index (κ1) is 19.2. The highest BCUT2D eigenvalue weighted by Gasteiger charge is 2.26. The summed E-state index contributed by atoms with van der Waals surface area (Å²) in [4.78, 5) is 39.3. The number of H-pyrrole nitrogens is 1. The fourth-order valence-corrected chi connectivity index (χ4v) is 3.18. The largest absolute Gasteiger partial charge is 0.341 e. The number of amides is 1. The van der Waals surface area contributed by atoms with Crippen LogP contribution in [0, 0.1) is 5.92 Å². The van der Waals surface area contributed by atoms with Crippen LogP contribution in [0.15, 0.2) is 20.3 Å². The van der Waals surface area contributed by atoms with E-state index >= 15 is 0 Å². The second-order valence-corrected chi connectivity index (χ2v) is 7.23. The Labute approximate surface area is 154 Å². The standard InChI is InChI=1S/C15H21BrN4O3.ClH/c16-12-8-20(15(23)18-14(12)22)9-13(21)19-5-3-11(4-6-19)17-7-10-1-2-10;/h8,10-11,17H,1-7,9H2,(H,18,22,23);1H. The average Bonchev–Trinajstić information content (AvgIpc) is 3.35. The number of nitrogens with one attached hydrogen (secondary N) is 2. The zero-order valence-electron chi connectivity index (χ0n) is 13.3. The molecular formula is C15H22BrClN4O3. The molecule has 1 aliphatic carbocycles. The molecular weight excluding hydrogens is 400 g/mol. The zero-order chi connectivity index (χ0) is 16.4. The van der Waals surface area contributed by atoms with Crippen molar-refractivity contribution in [2.75, 3.05) is 19.6 Å². The summed E-state index contributed by atoms with van der Waals surface area (Å²) in [5.41, 5.74) is -1.05. The zero-order valence-corrected chi connectivity index (χ0v) is 15.7. The number of carbonyl (C=O) groups excluding carboxylic acids is 1. The summed E-state index contributed by atoms with van der Waals surface area (Å²) in [7, 11) is 0. The lowest BCUT2D eigenvalue weighted by molar-refractivity contribution is -0.133. The van der Waals surface area contributed by atoms with Crippen LogP contribution >= 0.6 is 28.3 Å². The van der Waals surface area contributed by atoms with Crippen molar-refractivity contribution in [2.45, 2.75) is 38.3 Å². The maximum Gasteiger partial charge on any atom is 0.328 e. The molecule has 134 valence electrons. The number of carbonyl (C=O) groups is 1. The van der Waals surface area contributed by atoms with Crippen LogP contribution in [0.1, 0.15) is 25.7 Å². The summed E-state index contributed by atoms with van der Waals surface area (Å²) in [6.07, 6.45) is 5.94. The third-order valence-electron chi connectivity index (χ3n) is 4.51. The molecule has 0 aromatic carbocycles. The Balaban J connectivity index is 0.00000208. The van der Waals surface area contributed by atoms with Crippen molar-refractivity contribution in [3.05, 3.63) is 31.5 Å². The van der Waals surface area contributed by atoms with Crippen LogP contribution in [0.3, 0.4) is 0 Å². The van der Waals surface area contributed by atoms with Gasteiger partial charge in [-0.3, -0.25) is 19.1 Å². The van der Waals surface area contributed by atoms with Crippen LogP contribution < -0.4 is 16.6 Å². The van der Waals surface area contributed by atoms with Crippen LogP contribution in [0.25, 0.3) is 0 Å². The molecule has 3 rings (SSSR count). The first-order valence-electron chi connectivity index (χ1n) is 8.03. The van der Waals surface area contributed by atoms with Gasteiger partial charge in [-0.25, -0.2) is 4.79 Å². The molecule has 0 bridgehead atoms. The molecule has 1 saturated heterocycles. The molecule has 1 aliphatic heterocycles. The third kappa shape index (κ3) is 4.94. The SMILES string of the molecule is Cl.O=C(Cn1cc(Br)c(=O)[nH]c1=O)N1CCC(NCC2CC2)CC1. The van der Waals surface area contributed by atoms with Crippen molar-refractivity contribution in [3.63, 3.8) is 0 Å². The maximum absolute atomic E-state index is 12.3. The summed E-state index contributed by atoms with van der Waals surface area (Å²) in [5, 5.41) is 3.58. The van der Waals surface area contributed by atoms with Crippen molar-refractivity contribution in [2.24, 2.45) is 5.92 Å². The average molecular weight is 422 g/mol. The predicted molar refractivity (Wildman–Crippen MR) is 96.6 cm³/mol. The summed E-state index contributed by atoms with van der Waals surface area (Å²) in [6, 6.07) is 0.490. The molecule has 2 heterocycles. The number of aromatic amines is 1. The summed E-state index contributed by atoms with van der Waals surface area (Å²) in [5.74, 6) is 0.770. The highest BCUT2D eigenvalue weighted by Crippen LogP contribution is 2.28. The van der Waals surface area contributed by atoms with Crippen molar-refractivity contribution in [1.29, 1.82) is 0 Å². The maximum atomic E-state index is 12.3. The Bertz CT molecular complexity index is 693. The van der Waals surface area contributed by atoms with E-state index in [1.807, 2.05) is 0 Å². The molecule has 2 aliphatic rings. The van der Waals surface area contributed by atoms with E-state index < -0.39 is 11.2 Å². The normalized spacial score (nSPS) is 18.3. The van der Waals surface area contributed by atoms with E-state index in [0.717, 1.165) is 25.3 Å². The molecule has 2 fully saturated rings. The molecule has 1 saturated carbocycles. The smallest absolute Gasteiger partial charge is 0.328 e. The van der Waals surface area contributed by atoms with Gasteiger partial charge in [0.1, 0.15) is 6.54 Å². The lowest BCUT2D eigenvalue weighted by atomic mass is 10.0. The fraction of sp³-hybridized carbons (Fsp3) is 0.667. The fourth-order valence-electron chi connectivity index (χ4n) is 2.83. The number of piperidine rings is 1. The summed E-state index contributed by atoms with van der Waals surface area (Å²) in [6.45, 7) is 2.47. The molecule has 1 aromatic rings. The van der Waals surface area contributed by atoms with E-state index in [0.29, 0.717) is 19.1 Å². The van der Waals surface area contributed by atoms with Gasteiger partial charge < -0.3 is 10.2 Å². The number of rotatable bonds is 5. The molecule has 7 nitrogen and oxygen atoms in total. The number of halogens is 2. The Hall–Kier alpha value is -1.12. The van der Waals surface area contributed by atoms with Gasteiger partial charge >= 0.3 is 5.69 Å². The second kappa shape index (κ2) is 8.31. The van der Waals surface area contributed by atoms with Crippen molar-refractivity contribution >= 4 is 34.2 Å². The van der Waals surface area contributed by atoms with Gasteiger partial charge in [0, 0.05) is 25.3 Å². The highest BCUT2D eigenvalue weighted by molar-refractivity contribution is 9.10. The van der Waals surface area contributed by atoms with Crippen molar-refractivity contribution in [1.82, 2.24) is 19.8 Å². The quantitative estimate of drug-likeness (QED) is 0.733. The van der Waals surface area contributed by atoms with Gasteiger partial charge in [0.05, 0.1) is 4.47 Å². The molecule has 1 amide bonds. The molecule has 0 radical (unpaired) electrons. The van der Waals surface area contributed by atoms with E-state index in [9.17, 15) is 14.4 Å². The van der Waals surface area contributed by atoms with Gasteiger partial charge in [0.2, 0.25) is 5.91 Å². The van der Waals surface area contributed by atoms with E-state index in [1.54, 1.807) is 4.90 Å². The number of hydrogen-bond donors (Lipinski definition) is 2. The van der Waals surface area contributed by atoms with E-state index in [1.165, 1.54) is 23.6 Å². The molecule has 9 heteroatoms. The number of nitrogens with zero attached hydrogens (tertiary/aromatic N) is 2. The number of likely N-dealkylation sites (tertiary alicyclic amines) is 1. The number of aromatic nitrogens is 2. The summed E-state index contributed by atoms with van der Waals surface area (Å²) < 4.78 is 1.47. The Morgan fingerprint density at radius 2 is 1.92 bits per heavy atom. The van der Waals surface area contributed by atoms with Gasteiger partial charge in [-0.15, -0.1) is 12.4 Å². The third-order valence-corrected chi connectivity index (χ3v) is 5.08. The lowest BCUT2D eigenvalue weighted by Crippen LogP contribution is -2.47. The lowest BCUT2D eigenvalue weighted by Gasteiger charge is -2.32. The van der Waals surface area contributed by atoms with Crippen LogP contribution in [-0.4, -0.2) is 46.0 Å². The Morgan fingerprint density at radius 3 is 2.54 bits per heavy atom. The minimum absolute atomic E-state index is 0. The van der Waals surface area contributed by atoms with E-state index in [-0.39, 0.29) is 29.3 Å². The minimum atomic E-state index is -0.562. The van der Waals surface area contributed by atoms with Crippen LogP contribution in [0.2, 0.25) is 0 Å². The van der Waals surface area contributed by atoms with Crippen LogP contribution in [0.4, 0.5) is 0 Å². The Morgan fingerprint density at radius 1 is 1.25 bits per heavy atom. The molecule has 2 N–H and O–H groups in total. The number of hydrogen-bond acceptors (Lipinski definition) is 4. The van der Waals surface area contributed by atoms with Gasteiger partial charge in [0.25, 0.3) is 5.56 Å². The van der Waals surface area contributed by atoms with Crippen molar-refractivity contribution in [3.8, 4) is 0 Å². The van der Waals surface area contributed by atoms with Gasteiger partial charge in [0.15, 0.2) is 0 Å². The topological polar surface area (TPSA) is 87.2 Å². The van der Waals surface area contributed by atoms with E-state index in [2.05, 4.69) is 26.2 Å². The molecule has 0 spiro atoms. The van der Waals surface area contributed by atoms with Gasteiger partial charge in [-0.05, 0) is 54.1 Å². The molecule has 0 atom stereocenters. The highest BCUT2D eigenvalue weighted by atomic mass is 79.9. The first-order chi connectivity index (χ1) is 11.0. The first-order valence-corrected chi connectivity index (χ1v) is 8.82. The second-order valence-electron chi connectivity index (χ2n) is 6.37. The Kier molecular flexibility index (Phi) is 6.65. The monoisotopic (exact) mass is 420 g/mol. The van der Waals surface area contributed by atoms with Crippen LogP contribution in [0.5, 0.6) is 0 Å². The van der Waals surface area contributed by atoms with Crippen LogP contribution in [-0.2, 0) is 11.3 Å². The summed E-state index contributed by atoms with van der Waals surface area (Å²) >= 11 is 3.07. The van der Waals surface area contributed by atoms with Gasteiger partial charge in [-0.2, -0.15) is 0 Å². The molecule has 24 heavy (non-hydrogen) atoms. The van der Waals surface area contributed by atoms with E-state index in [4.69, 9.17) is 0 Å². The van der Waals surface area contributed by atoms with Gasteiger partial charge in [-0.1, -0.05) is 0 Å². The predicted octanol–water partition coefficient (Wildman–Crippen LogP) is 0.711. The molecule has 0 unspecified atom stereocenters. The minimum Gasteiger partial charge on any atom is -0.341 e.